The van der Waals surface area contributed by atoms with Crippen LogP contribution in [0, 0.1) is 0 Å². The van der Waals surface area contributed by atoms with Crippen molar-refractivity contribution in [2.45, 2.75) is 6.42 Å². The summed E-state index contributed by atoms with van der Waals surface area (Å²) in [6, 6.07) is 0. The van der Waals surface area contributed by atoms with E-state index in [1.54, 1.807) is 0 Å². The highest BCUT2D eigenvalue weighted by Gasteiger charge is 2.16. The summed E-state index contributed by atoms with van der Waals surface area (Å²) in [5, 5.41) is 0. The second-order valence-electron chi connectivity index (χ2n) is 4.79. The Morgan fingerprint density at radius 3 is 2.68 bits per heavy atom. The molecular weight excluding hydrogens is 260 g/mol. The van der Waals surface area contributed by atoms with Gasteiger partial charge in [-0.1, -0.05) is 6.08 Å². The smallest absolute Gasteiger partial charge is 0.135 e. The number of furan rings is 1. The van der Waals surface area contributed by atoms with Crippen LogP contribution in [-0.4, -0.2) is 19.0 Å². The molecule has 3 rings (SSSR count). The van der Waals surface area contributed by atoms with Crippen molar-refractivity contribution < 1.29 is 4.42 Å². The lowest BCUT2D eigenvalue weighted by Gasteiger charge is -2.18. The average molecular weight is 277 g/mol. The lowest BCUT2D eigenvalue weighted by atomic mass is 10.0. The summed E-state index contributed by atoms with van der Waals surface area (Å²) in [5.74, 6) is 0. The van der Waals surface area contributed by atoms with Gasteiger partial charge in [-0.2, -0.15) is 0 Å². The average Bonchev–Trinajstić information content (AvgIpc) is 2.56. The number of fused-ring (bicyclic) bond motifs is 3. The van der Waals surface area contributed by atoms with Gasteiger partial charge in [-0.25, -0.2) is 0 Å². The van der Waals surface area contributed by atoms with Crippen molar-refractivity contribution in [3.63, 3.8) is 0 Å². The van der Waals surface area contributed by atoms with Crippen LogP contribution in [0.1, 0.15) is 11.1 Å². The fourth-order valence-electron chi connectivity index (χ4n) is 2.30. The minimum atomic E-state index is 0. The Labute approximate surface area is 118 Å². The molecule has 3 nitrogen and oxygen atoms in total. The summed E-state index contributed by atoms with van der Waals surface area (Å²) in [4.78, 5) is 2.13. The Morgan fingerprint density at radius 2 is 1.95 bits per heavy atom. The van der Waals surface area contributed by atoms with E-state index in [0.717, 1.165) is 28.5 Å². The Bertz CT molecular complexity index is 705. The largest absolute Gasteiger partial charge is 0.456 e. The van der Waals surface area contributed by atoms with Gasteiger partial charge >= 0.3 is 0 Å². The molecule has 0 unspecified atom stereocenters. The van der Waals surface area contributed by atoms with Crippen LogP contribution in [-0.2, 0) is 6.42 Å². The van der Waals surface area contributed by atoms with Crippen molar-refractivity contribution in [1.82, 2.24) is 4.90 Å². The predicted molar refractivity (Wildman–Crippen MR) is 80.9 cm³/mol. The van der Waals surface area contributed by atoms with Crippen LogP contribution in [0.3, 0.4) is 0 Å². The van der Waals surface area contributed by atoms with Gasteiger partial charge in [0, 0.05) is 43.0 Å². The van der Waals surface area contributed by atoms with E-state index in [0.29, 0.717) is 0 Å². The normalized spacial score (nSPS) is 15.7. The summed E-state index contributed by atoms with van der Waals surface area (Å²) < 4.78 is 5.86. The molecule has 2 aliphatic carbocycles. The first-order valence-electron chi connectivity index (χ1n) is 6.00. The first kappa shape index (κ1) is 13.6. The fraction of sp³-hybridized carbons (Fsp3) is 0.200. The molecular formula is C15H17ClN2O. The lowest BCUT2D eigenvalue weighted by Crippen LogP contribution is -2.19. The highest BCUT2D eigenvalue weighted by atomic mass is 35.5. The molecule has 1 heterocycles. The van der Waals surface area contributed by atoms with Crippen molar-refractivity contribution in [1.29, 1.82) is 0 Å². The van der Waals surface area contributed by atoms with Gasteiger partial charge in [0.05, 0.1) is 0 Å². The number of halogens is 1. The topological polar surface area (TPSA) is 42.4 Å². The van der Waals surface area contributed by atoms with E-state index in [1.165, 1.54) is 11.3 Å². The standard InChI is InChI=1S/C15H16N2O.ClH/c1-17(2)11-6-7-15-13(9-11)12-8-10(16)4-3-5-14(12)18-15;/h3-8H,9,16H2,1-2H3;1H. The van der Waals surface area contributed by atoms with Crippen molar-refractivity contribution in [2.24, 2.45) is 5.73 Å². The fourth-order valence-corrected chi connectivity index (χ4v) is 2.30. The van der Waals surface area contributed by atoms with Crippen LogP contribution >= 0.6 is 12.4 Å². The maximum atomic E-state index is 5.91. The van der Waals surface area contributed by atoms with E-state index >= 15 is 0 Å². The van der Waals surface area contributed by atoms with Gasteiger partial charge in [-0.3, -0.25) is 0 Å². The number of nitrogens with two attached hydrogens (primary N) is 1. The van der Waals surface area contributed by atoms with E-state index in [-0.39, 0.29) is 12.4 Å². The second kappa shape index (κ2) is 5.02. The molecule has 2 N–H and O–H groups in total. The summed E-state index contributed by atoms with van der Waals surface area (Å²) in [7, 11) is 4.11. The van der Waals surface area contributed by atoms with Crippen molar-refractivity contribution in [3.05, 3.63) is 51.6 Å². The number of nitrogens with zero attached hydrogens (tertiary/aromatic N) is 1. The molecule has 19 heavy (non-hydrogen) atoms. The molecule has 0 aromatic carbocycles. The molecule has 0 atom stereocenters. The molecule has 1 aromatic rings. The third kappa shape index (κ3) is 2.34. The first-order chi connectivity index (χ1) is 8.65. The highest BCUT2D eigenvalue weighted by molar-refractivity contribution is 5.85. The van der Waals surface area contributed by atoms with Crippen LogP contribution in [0.4, 0.5) is 0 Å². The summed E-state index contributed by atoms with van der Waals surface area (Å²) >= 11 is 0. The van der Waals surface area contributed by atoms with E-state index < -0.39 is 0 Å². The number of hydrogen-bond donors (Lipinski definition) is 1. The van der Waals surface area contributed by atoms with Crippen LogP contribution < -0.4 is 16.6 Å². The van der Waals surface area contributed by atoms with Gasteiger partial charge < -0.3 is 15.1 Å². The number of allylic oxidation sites excluding steroid dienone is 4. The minimum Gasteiger partial charge on any atom is -0.456 e. The minimum absolute atomic E-state index is 0. The monoisotopic (exact) mass is 276 g/mol. The third-order valence-electron chi connectivity index (χ3n) is 3.31. The molecule has 0 radical (unpaired) electrons. The van der Waals surface area contributed by atoms with Crippen molar-refractivity contribution in [3.8, 4) is 0 Å². The number of rotatable bonds is 1. The Morgan fingerprint density at radius 1 is 1.16 bits per heavy atom. The quantitative estimate of drug-likeness (QED) is 0.836. The molecule has 4 heteroatoms. The molecule has 100 valence electrons. The van der Waals surface area contributed by atoms with Gasteiger partial charge in [0.2, 0.25) is 0 Å². The van der Waals surface area contributed by atoms with E-state index in [2.05, 4.69) is 25.1 Å². The summed E-state index contributed by atoms with van der Waals surface area (Å²) in [5.41, 5.74) is 12.1. The molecule has 0 saturated carbocycles. The van der Waals surface area contributed by atoms with E-state index in [1.807, 2.05) is 30.4 Å². The molecule has 1 aromatic heterocycles. The van der Waals surface area contributed by atoms with Gasteiger partial charge in [-0.15, -0.1) is 12.4 Å². The van der Waals surface area contributed by atoms with Gasteiger partial charge in [-0.05, 0) is 30.4 Å². The first-order valence-corrected chi connectivity index (χ1v) is 6.00. The van der Waals surface area contributed by atoms with Crippen molar-refractivity contribution >= 4 is 30.6 Å². The zero-order chi connectivity index (χ0) is 12.7. The maximum Gasteiger partial charge on any atom is 0.135 e. The predicted octanol–water partition coefficient (Wildman–Crippen LogP) is 1.13. The Hall–Kier alpha value is -1.87. The highest BCUT2D eigenvalue weighted by Crippen LogP contribution is 2.16. The molecule has 0 spiro atoms. The van der Waals surface area contributed by atoms with Crippen LogP contribution in [0.25, 0.3) is 18.2 Å². The Balaban J connectivity index is 0.00000133. The van der Waals surface area contributed by atoms with E-state index in [4.69, 9.17) is 10.2 Å². The second-order valence-corrected chi connectivity index (χ2v) is 4.79. The van der Waals surface area contributed by atoms with Crippen molar-refractivity contribution in [2.75, 3.05) is 14.1 Å². The molecule has 0 fully saturated rings. The summed E-state index contributed by atoms with van der Waals surface area (Å²) in [6.07, 6.45) is 12.8. The zero-order valence-electron chi connectivity index (χ0n) is 11.0. The Kier molecular flexibility index (Phi) is 3.58. The van der Waals surface area contributed by atoms with Gasteiger partial charge in [0.1, 0.15) is 10.8 Å². The molecule has 0 aliphatic heterocycles. The van der Waals surface area contributed by atoms with E-state index in [9.17, 15) is 0 Å². The molecule has 2 aliphatic rings. The molecule has 0 bridgehead atoms. The van der Waals surface area contributed by atoms with Crippen LogP contribution in [0.2, 0.25) is 0 Å². The number of likely N-dealkylation sites (N-methyl/N-ethyl adjacent to an activating group) is 1. The van der Waals surface area contributed by atoms with Gasteiger partial charge in [0.15, 0.2) is 0 Å². The zero-order valence-corrected chi connectivity index (χ0v) is 11.8. The molecule has 0 amide bonds. The van der Waals surface area contributed by atoms with Crippen LogP contribution in [0.15, 0.2) is 34.0 Å². The maximum absolute atomic E-state index is 5.91. The lowest BCUT2D eigenvalue weighted by molar-refractivity contribution is 0.480. The van der Waals surface area contributed by atoms with Crippen LogP contribution in [0.5, 0.6) is 0 Å². The van der Waals surface area contributed by atoms with Gasteiger partial charge in [0.25, 0.3) is 0 Å². The molecule has 0 saturated heterocycles. The SMILES string of the molecule is CN(C)C1=CC=c2oc3c(c2C1)C=C(N)C=CC=3.Cl. The third-order valence-corrected chi connectivity index (χ3v) is 3.31. The number of hydrogen-bond acceptors (Lipinski definition) is 3. The summed E-state index contributed by atoms with van der Waals surface area (Å²) in [6.45, 7) is 0.